The predicted octanol–water partition coefficient (Wildman–Crippen LogP) is 5.66. The Morgan fingerprint density at radius 2 is 0.513 bits per heavy atom. The number of carboxylic acid groups (broad SMARTS) is 6. The monoisotopic (exact) mass is 1580 g/mol. The van der Waals surface area contributed by atoms with Gasteiger partial charge in [-0.15, -0.1) is 0 Å². The van der Waals surface area contributed by atoms with Crippen molar-refractivity contribution in [3.8, 4) is 5.75 Å². The summed E-state index contributed by atoms with van der Waals surface area (Å²) in [6.07, 6.45) is 3.07. The second kappa shape index (κ2) is 52.3. The van der Waals surface area contributed by atoms with Crippen LogP contribution >= 0.6 is 11.8 Å². The molecule has 0 fully saturated rings. The number of ether oxygens (including phenoxy) is 1. The number of rotatable bonds is 40. The van der Waals surface area contributed by atoms with E-state index < -0.39 is 72.1 Å². The largest absolute Gasteiger partial charge is 0.486 e. The lowest BCUT2D eigenvalue weighted by Crippen LogP contribution is -2.32. The van der Waals surface area contributed by atoms with Gasteiger partial charge in [0.25, 0.3) is 0 Å². The highest BCUT2D eigenvalue weighted by Crippen LogP contribution is 2.17. The molecule has 6 unspecified atom stereocenters. The van der Waals surface area contributed by atoms with Crippen molar-refractivity contribution in [1.82, 2.24) is 0 Å². The standard InChI is InChI=1S/C15H19NO5.C14H17NO4.C13H15NO4S.3C13H15NO4/c1-10(17)2-5-12(18)9-21-13-6-3-11(4-7-13)8-14(16)15(19)20;1-2-11(16)8-13(17)10-5-3-9(4-6-10)7-12(15)14(18)19;1-19-12(16)7-11(15)9-4-2-8(3-5-9)6-10(14)13(17)18;3*1-8(15)6-12(16)10-4-2-9(3-5-10)7-11(14)13(17)18/h3-4,6-7,14H,2,5,8-9,16H2,1H3,(H,19,20);3-6,12H,2,7-8,15H2,1H3,(H,18,19);2-5,10H,6-7,14H2,1H3,(H,17,18);3*2-5,11H,6-7,14H2,1H3,(H,17,18). The van der Waals surface area contributed by atoms with Crippen molar-refractivity contribution in [2.75, 3.05) is 12.9 Å². The quantitative estimate of drug-likeness (QED) is 0.0163. The number of aliphatic carboxylic acids is 6. The topological polar surface area (TPSA) is 594 Å². The van der Waals surface area contributed by atoms with Crippen LogP contribution in [0, 0.1) is 0 Å². The molecule has 32 heteroatoms. The summed E-state index contributed by atoms with van der Waals surface area (Å²) >= 11 is 1.02. The fraction of sp³-hybridized carbons (Fsp3) is 0.333. The highest BCUT2D eigenvalue weighted by molar-refractivity contribution is 8.13. The van der Waals surface area contributed by atoms with Gasteiger partial charge in [-0.1, -0.05) is 152 Å². The van der Waals surface area contributed by atoms with E-state index in [9.17, 15) is 86.3 Å². The zero-order valence-electron chi connectivity index (χ0n) is 63.2. The molecule has 0 bridgehead atoms. The van der Waals surface area contributed by atoms with E-state index in [0.717, 1.165) is 45.1 Å². The lowest BCUT2D eigenvalue weighted by atomic mass is 10.0. The third-order valence-corrected chi connectivity index (χ3v) is 16.2. The van der Waals surface area contributed by atoms with E-state index in [1.807, 2.05) is 0 Å². The molecule has 0 aliphatic rings. The molecule has 0 aliphatic carbocycles. The molecule has 6 atom stereocenters. The summed E-state index contributed by atoms with van der Waals surface area (Å²) in [5.74, 6) is -7.84. The van der Waals surface area contributed by atoms with E-state index in [1.165, 1.54) is 27.7 Å². The van der Waals surface area contributed by atoms with Crippen molar-refractivity contribution < 1.29 is 122 Å². The molecule has 0 amide bonds. The van der Waals surface area contributed by atoms with Gasteiger partial charge in [-0.2, -0.15) is 0 Å². The van der Waals surface area contributed by atoms with Crippen molar-refractivity contribution >= 4 is 116 Å². The van der Waals surface area contributed by atoms with Crippen LogP contribution in [0.3, 0.4) is 0 Å². The van der Waals surface area contributed by atoms with Crippen molar-refractivity contribution in [2.24, 2.45) is 34.4 Å². The molecule has 0 saturated heterocycles. The Labute approximate surface area is 655 Å². The third kappa shape index (κ3) is 42.8. The first-order chi connectivity index (χ1) is 52.9. The van der Waals surface area contributed by atoms with Crippen LogP contribution < -0.4 is 39.1 Å². The van der Waals surface area contributed by atoms with E-state index in [0.29, 0.717) is 40.0 Å². The van der Waals surface area contributed by atoms with E-state index in [4.69, 9.17) is 69.8 Å². The van der Waals surface area contributed by atoms with Crippen molar-refractivity contribution in [1.29, 1.82) is 0 Å². The molecule has 606 valence electrons. The summed E-state index contributed by atoms with van der Waals surface area (Å²) in [4.78, 5) is 199. The van der Waals surface area contributed by atoms with Crippen LogP contribution in [0.1, 0.15) is 171 Å². The van der Waals surface area contributed by atoms with Gasteiger partial charge in [0, 0.05) is 47.1 Å². The summed E-state index contributed by atoms with van der Waals surface area (Å²) < 4.78 is 5.30. The van der Waals surface area contributed by atoms with Crippen molar-refractivity contribution in [2.45, 2.75) is 161 Å². The molecule has 0 heterocycles. The minimum atomic E-state index is -1.06. The van der Waals surface area contributed by atoms with Crippen molar-refractivity contribution in [3.05, 3.63) is 207 Å². The van der Waals surface area contributed by atoms with Gasteiger partial charge < -0.3 is 74.6 Å². The summed E-state index contributed by atoms with van der Waals surface area (Å²) in [5, 5.41) is 51.9. The predicted molar refractivity (Wildman–Crippen MR) is 416 cm³/mol. The molecule has 0 spiro atoms. The van der Waals surface area contributed by atoms with Gasteiger partial charge in [0.05, 0.1) is 32.1 Å². The fourth-order valence-corrected chi connectivity index (χ4v) is 9.43. The Morgan fingerprint density at radius 1 is 0.301 bits per heavy atom. The molecule has 18 N–H and O–H groups in total. The molecule has 0 aliphatic heterocycles. The van der Waals surface area contributed by atoms with Gasteiger partial charge in [0.15, 0.2) is 39.8 Å². The van der Waals surface area contributed by atoms with Crippen LogP contribution in [0.4, 0.5) is 0 Å². The lowest BCUT2D eigenvalue weighted by Gasteiger charge is -2.08. The van der Waals surface area contributed by atoms with Gasteiger partial charge in [-0.25, -0.2) is 0 Å². The smallest absolute Gasteiger partial charge is 0.320 e. The molecular formula is C81H96N6O25S. The van der Waals surface area contributed by atoms with E-state index >= 15 is 0 Å². The Bertz CT molecular complexity index is 3980. The van der Waals surface area contributed by atoms with Crippen LogP contribution in [0.5, 0.6) is 5.75 Å². The van der Waals surface area contributed by atoms with Gasteiger partial charge in [-0.05, 0) is 118 Å². The molecule has 31 nitrogen and oxygen atoms in total. The Balaban J connectivity index is 0.000000679. The van der Waals surface area contributed by atoms with Crippen LogP contribution in [0.2, 0.25) is 0 Å². The van der Waals surface area contributed by atoms with Crippen LogP contribution in [0.25, 0.3) is 0 Å². The second-order valence-electron chi connectivity index (χ2n) is 25.6. The van der Waals surface area contributed by atoms with Crippen LogP contribution in [0.15, 0.2) is 146 Å². The number of ketones is 11. The number of nitrogens with two attached hydrogens (primary N) is 6. The number of carbonyl (C=O) groups excluding carboxylic acids is 12. The Hall–Kier alpha value is -11.9. The number of hydrogen-bond donors (Lipinski definition) is 12. The summed E-state index contributed by atoms with van der Waals surface area (Å²) in [6, 6.07) is 33.3. The van der Waals surface area contributed by atoms with Crippen LogP contribution in [-0.4, -0.2) is 184 Å². The highest BCUT2D eigenvalue weighted by Gasteiger charge is 2.20. The van der Waals surface area contributed by atoms with E-state index in [1.54, 1.807) is 159 Å². The normalized spacial score (nSPS) is 11.9. The van der Waals surface area contributed by atoms with Crippen molar-refractivity contribution in [3.63, 3.8) is 0 Å². The first-order valence-corrected chi connectivity index (χ1v) is 36.0. The minimum Gasteiger partial charge on any atom is -0.486 e. The molecule has 0 saturated carbocycles. The number of Topliss-reactive ketones (excluding diaryl/α,β-unsaturated/α-hetero) is 11. The van der Waals surface area contributed by atoms with E-state index in [-0.39, 0.29) is 159 Å². The number of thioether (sulfide) groups is 1. The Morgan fingerprint density at radius 3 is 0.708 bits per heavy atom. The molecule has 0 radical (unpaired) electrons. The first kappa shape index (κ1) is 99.1. The summed E-state index contributed by atoms with van der Waals surface area (Å²) in [7, 11) is 0. The fourth-order valence-electron chi connectivity index (χ4n) is 9.15. The molecule has 6 rings (SSSR count). The number of carboxylic acids is 6. The highest BCUT2D eigenvalue weighted by atomic mass is 32.2. The second-order valence-corrected chi connectivity index (χ2v) is 26.5. The lowest BCUT2D eigenvalue weighted by molar-refractivity contribution is -0.139. The molecule has 6 aromatic carbocycles. The first-order valence-electron chi connectivity index (χ1n) is 34.8. The molecule has 0 aromatic heterocycles. The maximum absolute atomic E-state index is 11.7. The zero-order valence-corrected chi connectivity index (χ0v) is 64.1. The molecular weight excluding hydrogens is 1490 g/mol. The number of carbonyl (C=O) groups is 18. The third-order valence-electron chi connectivity index (χ3n) is 15.6. The van der Waals surface area contributed by atoms with Gasteiger partial charge >= 0.3 is 35.8 Å². The molecule has 113 heavy (non-hydrogen) atoms. The van der Waals surface area contributed by atoms with Gasteiger partial charge in [0.1, 0.15) is 77.5 Å². The minimum absolute atomic E-state index is 0.0255. The maximum Gasteiger partial charge on any atom is 0.320 e. The van der Waals surface area contributed by atoms with Gasteiger partial charge in [0.2, 0.25) is 0 Å². The summed E-state index contributed by atoms with van der Waals surface area (Å²) in [5.41, 5.74) is 39.2. The summed E-state index contributed by atoms with van der Waals surface area (Å²) in [6.45, 7) is 7.15. The number of hydrogen-bond acceptors (Lipinski definition) is 26. The van der Waals surface area contributed by atoms with Gasteiger partial charge in [-0.3, -0.25) is 81.5 Å². The average Bonchev–Trinajstić information content (AvgIpc) is 0.892. The Kier molecular flexibility index (Phi) is 45.9. The zero-order chi connectivity index (χ0) is 85.8. The van der Waals surface area contributed by atoms with Crippen LogP contribution in [-0.2, 0) is 101 Å². The SMILES string of the molecule is CC(=O)CC(=O)c1ccc(CC(N)C(=O)O)cc1.CC(=O)CC(=O)c1ccc(CC(N)C(=O)O)cc1.CC(=O)CC(=O)c1ccc(CC(N)C(=O)O)cc1.CC(=O)CCC(=O)COc1ccc(CC(N)C(=O)O)cc1.CCC(=O)CC(=O)c1ccc(CC(N)C(=O)O)cc1.CSC(=O)CC(=O)c1ccc(CC(N)C(=O)O)cc1. The average molecular weight is 1590 g/mol. The maximum atomic E-state index is 11.7. The number of benzene rings is 6. The van der Waals surface area contributed by atoms with E-state index in [2.05, 4.69) is 0 Å². The molecule has 6 aromatic rings.